The normalized spacial score (nSPS) is 28.3. The Bertz CT molecular complexity index is 594. The Hall–Kier alpha value is -1.59. The number of anilines is 1. The quantitative estimate of drug-likeness (QED) is 0.833. The second kappa shape index (κ2) is 6.49. The van der Waals surface area contributed by atoms with Crippen molar-refractivity contribution in [2.75, 3.05) is 24.5 Å². The molecule has 5 nitrogen and oxygen atoms in total. The Labute approximate surface area is 141 Å². The van der Waals surface area contributed by atoms with Gasteiger partial charge in [-0.15, -0.1) is 0 Å². The Morgan fingerprint density at radius 3 is 2.35 bits per heavy atom. The molecule has 2 heterocycles. The minimum Gasteiger partial charge on any atom is -0.372 e. The maximum atomic E-state index is 12.7. The number of carbonyl (C=O) groups is 2. The lowest BCUT2D eigenvalue weighted by Gasteiger charge is -2.36. The molecular formula is C17H21ClN2O3. The monoisotopic (exact) mass is 336 g/mol. The molecule has 2 saturated heterocycles. The van der Waals surface area contributed by atoms with Crippen molar-refractivity contribution in [3.05, 3.63) is 29.3 Å². The molecule has 2 fully saturated rings. The number of nitrogens with zero attached hydrogens (tertiary/aromatic N) is 2. The molecule has 0 saturated carbocycles. The van der Waals surface area contributed by atoms with Crippen molar-refractivity contribution in [2.45, 2.75) is 32.5 Å². The molecular weight excluding hydrogens is 316 g/mol. The number of benzene rings is 1. The van der Waals surface area contributed by atoms with Crippen LogP contribution in [0.25, 0.3) is 0 Å². The Balaban J connectivity index is 1.69. The Morgan fingerprint density at radius 1 is 1.13 bits per heavy atom. The summed E-state index contributed by atoms with van der Waals surface area (Å²) in [5, 5.41) is 0.629. The predicted octanol–water partition coefficient (Wildman–Crippen LogP) is 2.33. The van der Waals surface area contributed by atoms with Gasteiger partial charge in [0.05, 0.1) is 18.1 Å². The summed E-state index contributed by atoms with van der Waals surface area (Å²) in [7, 11) is 0. The van der Waals surface area contributed by atoms with Crippen LogP contribution in [0.5, 0.6) is 0 Å². The topological polar surface area (TPSA) is 49.9 Å². The van der Waals surface area contributed by atoms with Gasteiger partial charge in [-0.1, -0.05) is 11.6 Å². The zero-order valence-electron chi connectivity index (χ0n) is 13.4. The van der Waals surface area contributed by atoms with Crippen molar-refractivity contribution in [3.8, 4) is 0 Å². The van der Waals surface area contributed by atoms with Crippen molar-refractivity contribution < 1.29 is 14.3 Å². The molecule has 6 heteroatoms. The molecule has 1 aromatic rings. The van der Waals surface area contributed by atoms with E-state index in [0.717, 1.165) is 5.69 Å². The standard InChI is InChI=1S/C17H21ClN2O3/c1-11-8-19(9-12(2)23-11)17(22)13-7-16(21)20(10-13)15-5-3-14(18)4-6-15/h3-6,11-13H,7-10H2,1-2H3/t11-,12-,13-/m1/s1. The number of morpholine rings is 1. The van der Waals surface area contributed by atoms with Crippen LogP contribution in [-0.4, -0.2) is 48.6 Å². The van der Waals surface area contributed by atoms with Gasteiger partial charge in [-0.05, 0) is 38.1 Å². The maximum absolute atomic E-state index is 12.7. The molecule has 0 aromatic heterocycles. The molecule has 2 aliphatic rings. The first kappa shape index (κ1) is 16.3. The number of hydrogen-bond donors (Lipinski definition) is 0. The van der Waals surface area contributed by atoms with Crippen molar-refractivity contribution in [2.24, 2.45) is 5.92 Å². The van der Waals surface area contributed by atoms with Crippen LogP contribution in [0.15, 0.2) is 24.3 Å². The van der Waals surface area contributed by atoms with E-state index in [1.54, 1.807) is 17.0 Å². The van der Waals surface area contributed by atoms with E-state index < -0.39 is 0 Å². The summed E-state index contributed by atoms with van der Waals surface area (Å²) in [6, 6.07) is 7.13. The number of amides is 2. The summed E-state index contributed by atoms with van der Waals surface area (Å²) in [6.45, 7) is 5.55. The third kappa shape index (κ3) is 3.51. The molecule has 3 rings (SSSR count). The van der Waals surface area contributed by atoms with Gasteiger partial charge in [-0.2, -0.15) is 0 Å². The number of rotatable bonds is 2. The van der Waals surface area contributed by atoms with E-state index in [9.17, 15) is 9.59 Å². The van der Waals surface area contributed by atoms with Gasteiger partial charge >= 0.3 is 0 Å². The van der Waals surface area contributed by atoms with E-state index >= 15 is 0 Å². The maximum Gasteiger partial charge on any atom is 0.228 e. The molecule has 0 spiro atoms. The average molecular weight is 337 g/mol. The number of hydrogen-bond acceptors (Lipinski definition) is 3. The van der Waals surface area contributed by atoms with Crippen LogP contribution in [0.2, 0.25) is 5.02 Å². The zero-order valence-corrected chi connectivity index (χ0v) is 14.1. The van der Waals surface area contributed by atoms with Crippen LogP contribution in [0, 0.1) is 5.92 Å². The van der Waals surface area contributed by atoms with Gasteiger partial charge in [0.15, 0.2) is 0 Å². The highest BCUT2D eigenvalue weighted by Gasteiger charge is 2.38. The molecule has 0 aliphatic carbocycles. The molecule has 23 heavy (non-hydrogen) atoms. The lowest BCUT2D eigenvalue weighted by molar-refractivity contribution is -0.147. The molecule has 0 bridgehead atoms. The summed E-state index contributed by atoms with van der Waals surface area (Å²) in [4.78, 5) is 28.5. The summed E-state index contributed by atoms with van der Waals surface area (Å²) >= 11 is 5.89. The minimum absolute atomic E-state index is 0.0139. The largest absolute Gasteiger partial charge is 0.372 e. The highest BCUT2D eigenvalue weighted by Crippen LogP contribution is 2.28. The van der Waals surface area contributed by atoms with Gasteiger partial charge in [0.2, 0.25) is 11.8 Å². The zero-order chi connectivity index (χ0) is 16.6. The fraction of sp³-hybridized carbons (Fsp3) is 0.529. The van der Waals surface area contributed by atoms with E-state index in [1.807, 2.05) is 30.9 Å². The lowest BCUT2D eigenvalue weighted by atomic mass is 10.1. The van der Waals surface area contributed by atoms with Crippen LogP contribution in [0.4, 0.5) is 5.69 Å². The Kier molecular flexibility index (Phi) is 4.60. The second-order valence-electron chi connectivity index (χ2n) is 6.38. The SMILES string of the molecule is C[C@@H]1CN(C(=O)[C@@H]2CC(=O)N(c3ccc(Cl)cc3)C2)C[C@@H](C)O1. The molecule has 0 N–H and O–H groups in total. The van der Waals surface area contributed by atoms with E-state index in [4.69, 9.17) is 16.3 Å². The van der Waals surface area contributed by atoms with Gasteiger partial charge in [0.1, 0.15) is 0 Å². The van der Waals surface area contributed by atoms with Crippen LogP contribution in [0.3, 0.4) is 0 Å². The molecule has 1 aromatic carbocycles. The highest BCUT2D eigenvalue weighted by atomic mass is 35.5. The molecule has 3 atom stereocenters. The molecule has 124 valence electrons. The molecule has 0 unspecified atom stereocenters. The van der Waals surface area contributed by atoms with Crippen molar-refractivity contribution in [1.29, 1.82) is 0 Å². The molecule has 2 amide bonds. The van der Waals surface area contributed by atoms with Gasteiger partial charge in [-0.3, -0.25) is 9.59 Å². The minimum atomic E-state index is -0.282. The first-order valence-electron chi connectivity index (χ1n) is 7.94. The smallest absolute Gasteiger partial charge is 0.228 e. The first-order chi connectivity index (χ1) is 10.9. The number of halogens is 1. The van der Waals surface area contributed by atoms with Crippen molar-refractivity contribution >= 4 is 29.1 Å². The first-order valence-corrected chi connectivity index (χ1v) is 8.32. The fourth-order valence-corrected chi connectivity index (χ4v) is 3.49. The van der Waals surface area contributed by atoms with Crippen molar-refractivity contribution in [1.82, 2.24) is 4.90 Å². The van der Waals surface area contributed by atoms with Gasteiger partial charge in [0, 0.05) is 36.8 Å². The highest BCUT2D eigenvalue weighted by molar-refractivity contribution is 6.30. The predicted molar refractivity (Wildman–Crippen MR) is 88.5 cm³/mol. The lowest BCUT2D eigenvalue weighted by Crippen LogP contribution is -2.50. The van der Waals surface area contributed by atoms with Crippen LogP contribution < -0.4 is 4.90 Å². The van der Waals surface area contributed by atoms with Crippen LogP contribution >= 0.6 is 11.6 Å². The molecule has 2 aliphatic heterocycles. The third-order valence-electron chi connectivity index (χ3n) is 4.34. The third-order valence-corrected chi connectivity index (χ3v) is 4.60. The average Bonchev–Trinajstić information content (AvgIpc) is 2.88. The van der Waals surface area contributed by atoms with E-state index in [0.29, 0.717) is 24.7 Å². The number of ether oxygens (including phenoxy) is 1. The summed E-state index contributed by atoms with van der Waals surface area (Å²) in [5.41, 5.74) is 0.790. The van der Waals surface area contributed by atoms with Gasteiger partial charge in [-0.25, -0.2) is 0 Å². The van der Waals surface area contributed by atoms with Gasteiger partial charge in [0.25, 0.3) is 0 Å². The molecule has 0 radical (unpaired) electrons. The van der Waals surface area contributed by atoms with Gasteiger partial charge < -0.3 is 14.5 Å². The fourth-order valence-electron chi connectivity index (χ4n) is 3.36. The second-order valence-corrected chi connectivity index (χ2v) is 6.82. The number of carbonyl (C=O) groups excluding carboxylic acids is 2. The summed E-state index contributed by atoms with van der Waals surface area (Å²) in [6.07, 6.45) is 0.334. The van der Waals surface area contributed by atoms with Crippen LogP contribution in [0.1, 0.15) is 20.3 Å². The van der Waals surface area contributed by atoms with E-state index in [-0.39, 0.29) is 36.4 Å². The van der Waals surface area contributed by atoms with E-state index in [2.05, 4.69) is 0 Å². The summed E-state index contributed by atoms with van der Waals surface area (Å²) in [5.74, 6) is -0.243. The van der Waals surface area contributed by atoms with Crippen molar-refractivity contribution in [3.63, 3.8) is 0 Å². The summed E-state index contributed by atoms with van der Waals surface area (Å²) < 4.78 is 5.67. The van der Waals surface area contributed by atoms with E-state index in [1.165, 1.54) is 0 Å². The van der Waals surface area contributed by atoms with Crippen LogP contribution in [-0.2, 0) is 14.3 Å². The Morgan fingerprint density at radius 2 is 1.74 bits per heavy atom.